The van der Waals surface area contributed by atoms with Crippen molar-refractivity contribution in [3.8, 4) is 45.1 Å². The lowest BCUT2D eigenvalue weighted by Gasteiger charge is -2.21. The first-order chi connectivity index (χ1) is 26.1. The fourth-order valence-electron chi connectivity index (χ4n) is 8.82. The van der Waals surface area contributed by atoms with Gasteiger partial charge in [-0.2, -0.15) is 0 Å². The minimum absolute atomic E-state index is 0.264. The molecule has 53 heavy (non-hydrogen) atoms. The van der Waals surface area contributed by atoms with Crippen LogP contribution in [-0.2, 0) is 5.41 Å². The van der Waals surface area contributed by atoms with Crippen LogP contribution in [0.1, 0.15) is 25.1 Å². The molecule has 7 aromatic carbocycles. The average molecular weight is 679 g/mol. The number of hydrogen-bond donors (Lipinski definition) is 0. The number of hydrogen-bond acceptors (Lipinski definition) is 2. The molecule has 0 aliphatic heterocycles. The van der Waals surface area contributed by atoms with Gasteiger partial charge in [-0.25, -0.2) is 9.97 Å². The Bertz CT molecular complexity index is 3080. The molecule has 0 bridgehead atoms. The second kappa shape index (κ2) is 11.1. The van der Waals surface area contributed by atoms with Gasteiger partial charge in [-0.3, -0.25) is 0 Å². The van der Waals surface area contributed by atoms with Gasteiger partial charge in [-0.15, -0.1) is 0 Å². The molecule has 10 aromatic rings. The van der Waals surface area contributed by atoms with E-state index in [2.05, 4.69) is 187 Å². The summed E-state index contributed by atoms with van der Waals surface area (Å²) in [4.78, 5) is 10.7. The molecule has 0 atom stereocenters. The maximum Gasteiger partial charge on any atom is 0.160 e. The smallest absolute Gasteiger partial charge is 0.160 e. The van der Waals surface area contributed by atoms with Crippen LogP contribution in [0.2, 0.25) is 0 Å². The Labute approximate surface area is 307 Å². The highest BCUT2D eigenvalue weighted by Crippen LogP contribution is 2.51. The summed E-state index contributed by atoms with van der Waals surface area (Å²) in [5.41, 5.74) is 14.4. The van der Waals surface area contributed by atoms with Gasteiger partial charge < -0.3 is 9.13 Å². The number of nitrogens with zero attached hydrogens (tertiary/aromatic N) is 4. The van der Waals surface area contributed by atoms with Crippen molar-refractivity contribution in [2.45, 2.75) is 19.3 Å². The van der Waals surface area contributed by atoms with Crippen LogP contribution in [0.4, 0.5) is 0 Å². The second-order valence-electron chi connectivity index (χ2n) is 14.6. The SMILES string of the molecule is CC1(C)c2ccccc2-c2c(-c3cccc(-n4c5ccccc5c5cc6c7ccccc7n(-c7ccccc7)c6cc54)c3)nc(-c3ccccc3)nc21. The van der Waals surface area contributed by atoms with E-state index in [1.54, 1.807) is 0 Å². The van der Waals surface area contributed by atoms with Gasteiger partial charge in [0.2, 0.25) is 0 Å². The van der Waals surface area contributed by atoms with E-state index in [1.165, 1.54) is 54.7 Å². The molecular formula is C49H34N4. The topological polar surface area (TPSA) is 35.6 Å². The maximum absolute atomic E-state index is 5.38. The summed E-state index contributed by atoms with van der Waals surface area (Å²) in [6.07, 6.45) is 0. The quantitative estimate of drug-likeness (QED) is 0.186. The summed E-state index contributed by atoms with van der Waals surface area (Å²) in [6.45, 7) is 4.57. The highest BCUT2D eigenvalue weighted by Gasteiger charge is 2.39. The van der Waals surface area contributed by atoms with E-state index in [9.17, 15) is 0 Å². The van der Waals surface area contributed by atoms with E-state index >= 15 is 0 Å². The normalized spacial score (nSPS) is 13.2. The molecule has 1 aliphatic carbocycles. The third-order valence-electron chi connectivity index (χ3n) is 11.3. The minimum atomic E-state index is -0.264. The zero-order valence-corrected chi connectivity index (χ0v) is 29.5. The molecule has 250 valence electrons. The summed E-state index contributed by atoms with van der Waals surface area (Å²) in [7, 11) is 0. The van der Waals surface area contributed by atoms with Crippen LogP contribution in [0.5, 0.6) is 0 Å². The second-order valence-corrected chi connectivity index (χ2v) is 14.6. The number of para-hydroxylation sites is 3. The van der Waals surface area contributed by atoms with Crippen molar-refractivity contribution in [2.24, 2.45) is 0 Å². The molecule has 0 unspecified atom stereocenters. The number of fused-ring (bicyclic) bond motifs is 9. The zero-order valence-electron chi connectivity index (χ0n) is 29.5. The number of rotatable bonds is 4. The summed E-state index contributed by atoms with van der Waals surface area (Å²) in [5, 5.41) is 4.97. The van der Waals surface area contributed by atoms with Crippen molar-refractivity contribution >= 4 is 43.6 Å². The molecule has 0 amide bonds. The Kier molecular flexibility index (Phi) is 6.27. The van der Waals surface area contributed by atoms with Crippen LogP contribution >= 0.6 is 0 Å². The average Bonchev–Trinajstić information content (AvgIpc) is 3.80. The van der Waals surface area contributed by atoms with Crippen molar-refractivity contribution in [3.05, 3.63) is 181 Å². The van der Waals surface area contributed by atoms with Crippen molar-refractivity contribution in [1.29, 1.82) is 0 Å². The summed E-state index contributed by atoms with van der Waals surface area (Å²) in [6, 6.07) is 61.0. The number of benzene rings is 7. The van der Waals surface area contributed by atoms with E-state index < -0.39 is 0 Å². The van der Waals surface area contributed by atoms with E-state index in [0.29, 0.717) is 0 Å². The zero-order chi connectivity index (χ0) is 35.3. The van der Waals surface area contributed by atoms with Crippen molar-refractivity contribution < 1.29 is 0 Å². The van der Waals surface area contributed by atoms with Gasteiger partial charge in [0, 0.05) is 55.0 Å². The van der Waals surface area contributed by atoms with Crippen molar-refractivity contribution in [3.63, 3.8) is 0 Å². The molecular weight excluding hydrogens is 645 g/mol. The monoisotopic (exact) mass is 678 g/mol. The van der Waals surface area contributed by atoms with E-state index in [0.717, 1.165) is 45.3 Å². The first-order valence-electron chi connectivity index (χ1n) is 18.3. The van der Waals surface area contributed by atoms with Gasteiger partial charge in [-0.05, 0) is 59.7 Å². The highest BCUT2D eigenvalue weighted by molar-refractivity contribution is 6.19. The van der Waals surface area contributed by atoms with E-state index in [1.807, 2.05) is 6.07 Å². The van der Waals surface area contributed by atoms with Gasteiger partial charge in [-0.1, -0.05) is 135 Å². The van der Waals surface area contributed by atoms with Gasteiger partial charge >= 0.3 is 0 Å². The predicted molar refractivity (Wildman–Crippen MR) is 219 cm³/mol. The highest BCUT2D eigenvalue weighted by atomic mass is 15.0. The molecule has 3 heterocycles. The Balaban J connectivity index is 1.20. The molecule has 0 N–H and O–H groups in total. The number of aromatic nitrogens is 4. The molecule has 3 aromatic heterocycles. The fourth-order valence-corrected chi connectivity index (χ4v) is 8.82. The molecule has 0 saturated carbocycles. The van der Waals surface area contributed by atoms with Gasteiger partial charge in [0.1, 0.15) is 0 Å². The Hall–Kier alpha value is -6.78. The lowest BCUT2D eigenvalue weighted by molar-refractivity contribution is 0.636. The fraction of sp³-hybridized carbons (Fsp3) is 0.0612. The minimum Gasteiger partial charge on any atom is -0.309 e. The Morgan fingerprint density at radius 2 is 1.00 bits per heavy atom. The third-order valence-corrected chi connectivity index (χ3v) is 11.3. The molecule has 0 spiro atoms. The molecule has 0 saturated heterocycles. The maximum atomic E-state index is 5.38. The third kappa shape index (κ3) is 4.30. The molecule has 0 radical (unpaired) electrons. The van der Waals surface area contributed by atoms with Crippen LogP contribution < -0.4 is 0 Å². The summed E-state index contributed by atoms with van der Waals surface area (Å²) >= 11 is 0. The molecule has 1 aliphatic rings. The lowest BCUT2D eigenvalue weighted by atomic mass is 9.85. The van der Waals surface area contributed by atoms with Crippen LogP contribution in [-0.4, -0.2) is 19.1 Å². The lowest BCUT2D eigenvalue weighted by Crippen LogP contribution is -2.17. The van der Waals surface area contributed by atoms with Crippen molar-refractivity contribution in [1.82, 2.24) is 19.1 Å². The standard InChI is InChI=1S/C49H34N4/c1-49(2)40-25-12-9-24-37(40)45-46(50-48(51-47(45)49)31-16-5-3-6-17-31)32-18-15-21-34(28-32)53-42-27-14-11-23-36(42)39-29-38-35-22-10-13-26-41(35)52(43(38)30-44(39)53)33-19-7-4-8-20-33/h3-30H,1-2H3. The Morgan fingerprint density at radius 1 is 0.434 bits per heavy atom. The van der Waals surface area contributed by atoms with Gasteiger partial charge in [0.05, 0.1) is 33.5 Å². The van der Waals surface area contributed by atoms with Crippen LogP contribution in [0.25, 0.3) is 88.8 Å². The van der Waals surface area contributed by atoms with E-state index in [4.69, 9.17) is 9.97 Å². The van der Waals surface area contributed by atoms with Crippen LogP contribution in [0, 0.1) is 0 Å². The first kappa shape index (κ1) is 29.9. The molecule has 4 heteroatoms. The van der Waals surface area contributed by atoms with Gasteiger partial charge in [0.15, 0.2) is 5.82 Å². The molecule has 0 fully saturated rings. The predicted octanol–water partition coefficient (Wildman–Crippen LogP) is 12.3. The van der Waals surface area contributed by atoms with E-state index in [-0.39, 0.29) is 5.41 Å². The molecule has 11 rings (SSSR count). The first-order valence-corrected chi connectivity index (χ1v) is 18.3. The van der Waals surface area contributed by atoms with Crippen molar-refractivity contribution in [2.75, 3.05) is 0 Å². The Morgan fingerprint density at radius 3 is 1.72 bits per heavy atom. The van der Waals surface area contributed by atoms with Crippen LogP contribution in [0.3, 0.4) is 0 Å². The van der Waals surface area contributed by atoms with Gasteiger partial charge in [0.25, 0.3) is 0 Å². The largest absolute Gasteiger partial charge is 0.309 e. The summed E-state index contributed by atoms with van der Waals surface area (Å²) in [5.74, 6) is 0.749. The molecule has 4 nitrogen and oxygen atoms in total. The summed E-state index contributed by atoms with van der Waals surface area (Å²) < 4.78 is 4.83. The van der Waals surface area contributed by atoms with Crippen LogP contribution in [0.15, 0.2) is 170 Å².